The van der Waals surface area contributed by atoms with Crippen molar-refractivity contribution in [3.8, 4) is 0 Å². The second kappa shape index (κ2) is 7.53. The Morgan fingerprint density at radius 3 is 2.44 bits per heavy atom. The van der Waals surface area contributed by atoms with Crippen LogP contribution in [0.15, 0.2) is 11.6 Å². The lowest BCUT2D eigenvalue weighted by molar-refractivity contribution is -0.114. The Kier molecular flexibility index (Phi) is 5.59. The molecular formula is C27H46. The minimum atomic E-state index is 0.656. The Hall–Kier alpha value is -0.260. The highest BCUT2D eigenvalue weighted by atomic mass is 14.6. The highest BCUT2D eigenvalue weighted by Crippen LogP contribution is 2.68. The van der Waals surface area contributed by atoms with Gasteiger partial charge in [-0.05, 0) is 124 Å². The van der Waals surface area contributed by atoms with E-state index >= 15 is 0 Å². The molecule has 4 aliphatic carbocycles. The fourth-order valence-electron chi connectivity index (χ4n) is 9.11. The lowest BCUT2D eigenvalue weighted by Gasteiger charge is -2.61. The molecule has 0 saturated heterocycles. The molecule has 0 aromatic carbocycles. The van der Waals surface area contributed by atoms with Crippen LogP contribution in [0.4, 0.5) is 0 Å². The molecule has 0 heterocycles. The quantitative estimate of drug-likeness (QED) is 0.436. The van der Waals surface area contributed by atoms with Crippen molar-refractivity contribution < 1.29 is 0 Å². The molecule has 0 amide bonds. The summed E-state index contributed by atoms with van der Waals surface area (Å²) in [5.41, 5.74) is 2.86. The molecule has 4 saturated carbocycles. The maximum Gasteiger partial charge on any atom is -0.0264 e. The molecule has 0 radical (unpaired) electrons. The van der Waals surface area contributed by atoms with Crippen molar-refractivity contribution in [1.29, 1.82) is 0 Å². The maximum absolute atomic E-state index is 2.73. The van der Waals surface area contributed by atoms with Gasteiger partial charge in [-0.1, -0.05) is 45.3 Å². The van der Waals surface area contributed by atoms with Gasteiger partial charge in [0.15, 0.2) is 0 Å². The smallest absolute Gasteiger partial charge is 0.0264 e. The van der Waals surface area contributed by atoms with E-state index in [-0.39, 0.29) is 0 Å². The van der Waals surface area contributed by atoms with Crippen LogP contribution in [-0.4, -0.2) is 0 Å². The van der Waals surface area contributed by atoms with E-state index in [1.54, 1.807) is 44.9 Å². The van der Waals surface area contributed by atoms with Gasteiger partial charge in [-0.15, -0.1) is 0 Å². The summed E-state index contributed by atoms with van der Waals surface area (Å²) in [6.45, 7) is 12.5. The molecule has 0 unspecified atom stereocenters. The highest BCUT2D eigenvalue weighted by Gasteiger charge is 2.59. The molecule has 27 heavy (non-hydrogen) atoms. The van der Waals surface area contributed by atoms with Crippen molar-refractivity contribution in [3.05, 3.63) is 11.6 Å². The Labute approximate surface area is 170 Å². The zero-order chi connectivity index (χ0) is 19.2. The van der Waals surface area contributed by atoms with Gasteiger partial charge in [-0.3, -0.25) is 0 Å². The Bertz CT molecular complexity index is 554. The summed E-state index contributed by atoms with van der Waals surface area (Å²) < 4.78 is 0. The van der Waals surface area contributed by atoms with E-state index in [0.29, 0.717) is 10.8 Å². The maximum atomic E-state index is 2.73. The van der Waals surface area contributed by atoms with Crippen LogP contribution < -0.4 is 0 Å². The first-order valence-corrected chi connectivity index (χ1v) is 12.5. The predicted molar refractivity (Wildman–Crippen MR) is 118 cm³/mol. The van der Waals surface area contributed by atoms with E-state index in [2.05, 4.69) is 40.7 Å². The molecule has 0 N–H and O–H groups in total. The van der Waals surface area contributed by atoms with Gasteiger partial charge in [0.05, 0.1) is 0 Å². The van der Waals surface area contributed by atoms with Crippen molar-refractivity contribution in [3.63, 3.8) is 0 Å². The highest BCUT2D eigenvalue weighted by molar-refractivity contribution is 5.09. The number of hydrogen-bond donors (Lipinski definition) is 0. The summed E-state index contributed by atoms with van der Waals surface area (Å²) in [7, 11) is 0. The fourth-order valence-corrected chi connectivity index (χ4v) is 9.11. The summed E-state index contributed by atoms with van der Waals surface area (Å²) in [4.78, 5) is 0. The predicted octanol–water partition coefficient (Wildman–Crippen LogP) is 8.42. The van der Waals surface area contributed by atoms with Gasteiger partial charge in [-0.2, -0.15) is 0 Å². The monoisotopic (exact) mass is 370 g/mol. The van der Waals surface area contributed by atoms with Crippen LogP contribution in [0.5, 0.6) is 0 Å². The molecule has 154 valence electrons. The van der Waals surface area contributed by atoms with E-state index < -0.39 is 0 Å². The molecule has 0 bridgehead atoms. The van der Waals surface area contributed by atoms with Crippen molar-refractivity contribution >= 4 is 0 Å². The summed E-state index contributed by atoms with van der Waals surface area (Å²) >= 11 is 0. The van der Waals surface area contributed by atoms with Crippen molar-refractivity contribution in [2.75, 3.05) is 0 Å². The number of allylic oxidation sites excluding steroid dienone is 2. The van der Waals surface area contributed by atoms with Crippen LogP contribution in [0.1, 0.15) is 112 Å². The van der Waals surface area contributed by atoms with E-state index in [9.17, 15) is 0 Å². The van der Waals surface area contributed by atoms with Crippen LogP contribution in [0.25, 0.3) is 0 Å². The molecule has 4 fully saturated rings. The van der Waals surface area contributed by atoms with Gasteiger partial charge in [-0.25, -0.2) is 0 Å². The summed E-state index contributed by atoms with van der Waals surface area (Å²) in [5.74, 6) is 6.15. The second-order valence-corrected chi connectivity index (χ2v) is 12.0. The largest absolute Gasteiger partial charge is 0.0859 e. The van der Waals surface area contributed by atoms with Crippen molar-refractivity contribution in [1.82, 2.24) is 0 Å². The van der Waals surface area contributed by atoms with Crippen LogP contribution in [0, 0.1) is 46.3 Å². The topological polar surface area (TPSA) is 0 Å². The Morgan fingerprint density at radius 1 is 0.889 bits per heavy atom. The first kappa shape index (κ1) is 20.0. The second-order valence-electron chi connectivity index (χ2n) is 12.0. The summed E-state index contributed by atoms with van der Waals surface area (Å²) in [6.07, 6.45) is 20.6. The minimum Gasteiger partial charge on any atom is -0.0859 e. The fraction of sp³-hybridized carbons (Fsp3) is 0.926. The number of hydrogen-bond acceptors (Lipinski definition) is 0. The molecular weight excluding hydrogens is 324 g/mol. The zero-order valence-electron chi connectivity index (χ0n) is 19.0. The Morgan fingerprint density at radius 2 is 1.67 bits per heavy atom. The third-order valence-electron chi connectivity index (χ3n) is 10.5. The zero-order valence-corrected chi connectivity index (χ0v) is 19.0. The average Bonchev–Trinajstić information content (AvgIpc) is 2.98. The molecule has 0 heteroatoms. The van der Waals surface area contributed by atoms with Gasteiger partial charge in [0, 0.05) is 0 Å². The first-order chi connectivity index (χ1) is 12.9. The SMILES string of the molecule is CC(C)=CCC[C@@H](C)[C@H]1CC[C@H]2[C@@H]3CC[C@H]4CCCC[C@]4(C)[C@H]3CC[C@]12C. The minimum absolute atomic E-state index is 0.656. The summed E-state index contributed by atoms with van der Waals surface area (Å²) in [6, 6.07) is 0. The average molecular weight is 371 g/mol. The van der Waals surface area contributed by atoms with E-state index in [4.69, 9.17) is 0 Å². The van der Waals surface area contributed by atoms with Crippen LogP contribution in [0.2, 0.25) is 0 Å². The van der Waals surface area contributed by atoms with Crippen molar-refractivity contribution in [2.24, 2.45) is 46.3 Å². The molecule has 4 rings (SSSR count). The number of fused-ring (bicyclic) bond motifs is 5. The van der Waals surface area contributed by atoms with Gasteiger partial charge in [0.25, 0.3) is 0 Å². The van der Waals surface area contributed by atoms with E-state index in [1.165, 1.54) is 37.7 Å². The third-order valence-corrected chi connectivity index (χ3v) is 10.5. The molecule has 0 spiro atoms. The van der Waals surface area contributed by atoms with Gasteiger partial charge in [0.2, 0.25) is 0 Å². The first-order valence-electron chi connectivity index (χ1n) is 12.5. The van der Waals surface area contributed by atoms with Crippen LogP contribution >= 0.6 is 0 Å². The van der Waals surface area contributed by atoms with Crippen LogP contribution in [-0.2, 0) is 0 Å². The lowest BCUT2D eigenvalue weighted by atomic mass is 9.44. The standard InChI is InChI=1S/C27H46/c1-19(2)9-8-10-20(3)23-14-15-24-22-13-12-21-11-6-7-17-26(21,4)25(22)16-18-27(23,24)5/h9,20-25H,6-8,10-18H2,1-5H3/t20-,21-,22+,23-,24+,25+,26+,27-/m1/s1. The van der Waals surface area contributed by atoms with Crippen LogP contribution in [0.3, 0.4) is 0 Å². The number of rotatable bonds is 4. The lowest BCUT2D eigenvalue weighted by Crippen LogP contribution is -2.53. The van der Waals surface area contributed by atoms with E-state index in [1.807, 2.05) is 0 Å². The van der Waals surface area contributed by atoms with Gasteiger partial charge >= 0.3 is 0 Å². The third kappa shape index (κ3) is 3.36. The molecule has 0 aliphatic heterocycles. The molecule has 0 nitrogen and oxygen atoms in total. The van der Waals surface area contributed by atoms with Crippen molar-refractivity contribution in [2.45, 2.75) is 112 Å². The molecule has 0 aromatic heterocycles. The Balaban J connectivity index is 1.49. The van der Waals surface area contributed by atoms with Gasteiger partial charge < -0.3 is 0 Å². The van der Waals surface area contributed by atoms with Gasteiger partial charge in [0.1, 0.15) is 0 Å². The summed E-state index contributed by atoms with van der Waals surface area (Å²) in [5, 5.41) is 0. The van der Waals surface area contributed by atoms with E-state index in [0.717, 1.165) is 35.5 Å². The molecule has 0 aromatic rings. The molecule has 4 aliphatic rings. The molecule has 8 atom stereocenters. The normalized spacial score (nSPS) is 47.5.